The highest BCUT2D eigenvalue weighted by Gasteiger charge is 2.31. The summed E-state index contributed by atoms with van der Waals surface area (Å²) in [5, 5.41) is 2.82. The Balaban J connectivity index is 0.00000312. The smallest absolute Gasteiger partial charge is 0.268 e. The Morgan fingerprint density at radius 1 is 1.44 bits per heavy atom. The van der Waals surface area contributed by atoms with Gasteiger partial charge in [0.2, 0.25) is 10.0 Å². The van der Waals surface area contributed by atoms with Crippen LogP contribution in [0.15, 0.2) is 17.2 Å². The maximum atomic E-state index is 12.8. The number of amides is 1. The van der Waals surface area contributed by atoms with Gasteiger partial charge in [0.15, 0.2) is 0 Å². The molecule has 1 atom stereocenters. The lowest BCUT2D eigenvalue weighted by atomic mass is 10.0. The molecule has 1 unspecified atom stereocenters. The highest BCUT2D eigenvalue weighted by molar-refractivity contribution is 7.89. The van der Waals surface area contributed by atoms with Crippen LogP contribution < -0.4 is 11.1 Å². The van der Waals surface area contributed by atoms with Gasteiger partial charge < -0.3 is 15.6 Å². The predicted octanol–water partition coefficient (Wildman–Crippen LogP) is 1.33. The number of halogens is 1. The number of carbonyl (C=O) groups is 1. The second kappa shape index (κ2) is 8.07. The van der Waals surface area contributed by atoms with Crippen LogP contribution in [0.1, 0.15) is 44.1 Å². The average molecular weight is 393 g/mol. The van der Waals surface area contributed by atoms with Gasteiger partial charge in [-0.2, -0.15) is 4.31 Å². The summed E-state index contributed by atoms with van der Waals surface area (Å²) in [5.74, 6) is 0.0202. The molecule has 0 aliphatic carbocycles. The molecule has 2 heterocycles. The fourth-order valence-corrected chi connectivity index (χ4v) is 4.51. The Hall–Kier alpha value is -1.09. The van der Waals surface area contributed by atoms with Crippen molar-refractivity contribution >= 4 is 28.3 Å². The zero-order valence-corrected chi connectivity index (χ0v) is 16.9. The van der Waals surface area contributed by atoms with Gasteiger partial charge in [-0.25, -0.2) is 8.42 Å². The third-order valence-corrected chi connectivity index (χ3v) is 6.26. The first-order valence-corrected chi connectivity index (χ1v) is 9.70. The number of piperidine rings is 1. The van der Waals surface area contributed by atoms with E-state index in [0.717, 1.165) is 12.8 Å². The molecule has 1 aromatic rings. The summed E-state index contributed by atoms with van der Waals surface area (Å²) in [4.78, 5) is 12.6. The van der Waals surface area contributed by atoms with E-state index >= 15 is 0 Å². The number of aromatic nitrogens is 1. The summed E-state index contributed by atoms with van der Waals surface area (Å²) in [5.41, 5.74) is 5.38. The number of carbonyl (C=O) groups excluding carboxylic acids is 1. The molecule has 144 valence electrons. The quantitative estimate of drug-likeness (QED) is 0.789. The lowest BCUT2D eigenvalue weighted by Gasteiger charge is -2.29. The highest BCUT2D eigenvalue weighted by Crippen LogP contribution is 2.24. The monoisotopic (exact) mass is 392 g/mol. The van der Waals surface area contributed by atoms with Crippen molar-refractivity contribution in [3.63, 3.8) is 0 Å². The zero-order chi connectivity index (χ0) is 18.1. The van der Waals surface area contributed by atoms with E-state index in [1.54, 1.807) is 11.6 Å². The number of aryl methyl sites for hydroxylation is 1. The minimum atomic E-state index is -3.57. The topological polar surface area (TPSA) is 97.4 Å². The van der Waals surface area contributed by atoms with E-state index in [0.29, 0.717) is 31.2 Å². The van der Waals surface area contributed by atoms with Gasteiger partial charge in [-0.3, -0.25) is 4.79 Å². The molecule has 2 rings (SSSR count). The molecule has 0 bridgehead atoms. The van der Waals surface area contributed by atoms with Crippen LogP contribution in [0.2, 0.25) is 0 Å². The van der Waals surface area contributed by atoms with Crippen LogP contribution >= 0.6 is 12.4 Å². The molecular formula is C16H29ClN4O3S. The molecule has 3 N–H and O–H groups in total. The van der Waals surface area contributed by atoms with E-state index in [2.05, 4.69) is 12.2 Å². The fourth-order valence-electron chi connectivity index (χ4n) is 2.84. The molecule has 0 saturated carbocycles. The summed E-state index contributed by atoms with van der Waals surface area (Å²) < 4.78 is 28.7. The molecule has 1 aliphatic rings. The van der Waals surface area contributed by atoms with Crippen LogP contribution in [0.25, 0.3) is 0 Å². The predicted molar refractivity (Wildman–Crippen MR) is 100 cm³/mol. The van der Waals surface area contributed by atoms with Crippen molar-refractivity contribution in [3.05, 3.63) is 18.0 Å². The Bertz CT molecular complexity index is 715. The van der Waals surface area contributed by atoms with Crippen LogP contribution in [0.3, 0.4) is 0 Å². The van der Waals surface area contributed by atoms with E-state index < -0.39 is 15.6 Å². The summed E-state index contributed by atoms with van der Waals surface area (Å²) in [6.45, 7) is 7.05. The normalized spacial score (nSPS) is 19.3. The van der Waals surface area contributed by atoms with Crippen molar-refractivity contribution in [2.24, 2.45) is 18.7 Å². The van der Waals surface area contributed by atoms with Gasteiger partial charge in [-0.05, 0) is 38.7 Å². The molecule has 1 aliphatic heterocycles. The molecule has 1 amide bonds. The first-order chi connectivity index (χ1) is 11.1. The largest absolute Gasteiger partial charge is 0.345 e. The van der Waals surface area contributed by atoms with Crippen molar-refractivity contribution in [2.75, 3.05) is 19.6 Å². The standard InChI is InChI=1S/C16H28N4O3S.ClH/c1-12-6-5-7-20(9-12)24(22,23)13-8-14(19(4)10-13)15(21)18-16(2,3)11-17;/h8,10,12H,5-7,9,11,17H2,1-4H3,(H,18,21);1H. The molecule has 0 aromatic carbocycles. The van der Waals surface area contributed by atoms with Crippen molar-refractivity contribution in [1.29, 1.82) is 0 Å². The van der Waals surface area contributed by atoms with Crippen LogP contribution in [0.5, 0.6) is 0 Å². The van der Waals surface area contributed by atoms with Crippen molar-refractivity contribution in [2.45, 2.75) is 44.0 Å². The van der Waals surface area contributed by atoms with Gasteiger partial charge in [0.05, 0.1) is 0 Å². The molecule has 25 heavy (non-hydrogen) atoms. The number of sulfonamides is 1. The number of rotatable bonds is 5. The second-order valence-corrected chi connectivity index (χ2v) is 9.26. The Kier molecular flexibility index (Phi) is 7.09. The van der Waals surface area contributed by atoms with Gasteiger partial charge in [0.25, 0.3) is 5.91 Å². The maximum absolute atomic E-state index is 12.8. The maximum Gasteiger partial charge on any atom is 0.268 e. The third kappa shape index (κ3) is 4.97. The minimum Gasteiger partial charge on any atom is -0.345 e. The van der Waals surface area contributed by atoms with Crippen molar-refractivity contribution < 1.29 is 13.2 Å². The third-order valence-electron chi connectivity index (χ3n) is 4.43. The van der Waals surface area contributed by atoms with Crippen LogP contribution in [-0.4, -0.2) is 48.4 Å². The summed E-state index contributed by atoms with van der Waals surface area (Å²) >= 11 is 0. The number of nitrogens with zero attached hydrogens (tertiary/aromatic N) is 2. The first-order valence-electron chi connectivity index (χ1n) is 8.26. The number of nitrogens with two attached hydrogens (primary N) is 1. The molecule has 0 radical (unpaired) electrons. The molecule has 1 fully saturated rings. The molecule has 0 spiro atoms. The molecule has 1 aromatic heterocycles. The summed E-state index contributed by atoms with van der Waals surface area (Å²) in [6.07, 6.45) is 3.41. The van der Waals surface area contributed by atoms with Gasteiger partial charge in [0.1, 0.15) is 10.6 Å². The average Bonchev–Trinajstić information content (AvgIpc) is 2.89. The molecular weight excluding hydrogens is 364 g/mol. The summed E-state index contributed by atoms with van der Waals surface area (Å²) in [6, 6.07) is 1.44. The SMILES string of the molecule is CC1CCCN(S(=O)(=O)c2cc(C(=O)NC(C)(C)CN)n(C)c2)C1.Cl. The lowest BCUT2D eigenvalue weighted by molar-refractivity contribution is 0.0907. The van der Waals surface area contributed by atoms with Crippen molar-refractivity contribution in [3.8, 4) is 0 Å². The second-order valence-electron chi connectivity index (χ2n) is 7.32. The van der Waals surface area contributed by atoms with Gasteiger partial charge in [-0.15, -0.1) is 12.4 Å². The Labute approximate surface area is 156 Å². The van der Waals surface area contributed by atoms with E-state index in [-0.39, 0.29) is 23.2 Å². The number of nitrogens with one attached hydrogen (secondary N) is 1. The fraction of sp³-hybridized carbons (Fsp3) is 0.688. The van der Waals surface area contributed by atoms with Crippen LogP contribution in [-0.2, 0) is 17.1 Å². The van der Waals surface area contributed by atoms with E-state index in [9.17, 15) is 13.2 Å². The van der Waals surface area contributed by atoms with E-state index in [1.807, 2.05) is 13.8 Å². The number of hydrogen-bond donors (Lipinski definition) is 2. The lowest BCUT2D eigenvalue weighted by Crippen LogP contribution is -2.49. The van der Waals surface area contributed by atoms with E-state index in [4.69, 9.17) is 5.73 Å². The summed E-state index contributed by atoms with van der Waals surface area (Å²) in [7, 11) is -1.90. The minimum absolute atomic E-state index is 0. The van der Waals surface area contributed by atoms with Gasteiger partial charge in [0, 0.05) is 38.4 Å². The number of hydrogen-bond acceptors (Lipinski definition) is 4. The van der Waals surface area contributed by atoms with E-state index in [1.165, 1.54) is 16.6 Å². The highest BCUT2D eigenvalue weighted by atomic mass is 35.5. The Morgan fingerprint density at radius 3 is 2.64 bits per heavy atom. The molecule has 1 saturated heterocycles. The zero-order valence-electron chi connectivity index (χ0n) is 15.3. The van der Waals surface area contributed by atoms with Crippen LogP contribution in [0, 0.1) is 5.92 Å². The molecule has 7 nitrogen and oxygen atoms in total. The van der Waals surface area contributed by atoms with Crippen molar-refractivity contribution in [1.82, 2.24) is 14.2 Å². The van der Waals surface area contributed by atoms with Gasteiger partial charge in [-0.1, -0.05) is 6.92 Å². The van der Waals surface area contributed by atoms with Crippen LogP contribution in [0.4, 0.5) is 0 Å². The first kappa shape index (κ1) is 22.0. The van der Waals surface area contributed by atoms with Gasteiger partial charge >= 0.3 is 0 Å². The molecule has 9 heteroatoms. The Morgan fingerprint density at radius 2 is 2.08 bits per heavy atom.